The number of hydrogen-bond donors (Lipinski definition) is 3. The van der Waals surface area contributed by atoms with Crippen molar-refractivity contribution in [2.24, 2.45) is 17.3 Å². The van der Waals surface area contributed by atoms with E-state index in [2.05, 4.69) is 22.5 Å². The second-order valence-corrected chi connectivity index (χ2v) is 12.1. The lowest BCUT2D eigenvalue weighted by Gasteiger charge is -2.56. The van der Waals surface area contributed by atoms with Crippen LogP contribution >= 0.6 is 0 Å². The van der Waals surface area contributed by atoms with Crippen LogP contribution in [0.15, 0.2) is 47.1 Å². The maximum absolute atomic E-state index is 15.1. The monoisotopic (exact) mass is 590 g/mol. The number of nitrogens with one attached hydrogen (secondary N) is 2. The highest BCUT2D eigenvalue weighted by atomic mass is 19.4. The first kappa shape index (κ1) is 30.3. The standard InChI is InChI=1S/C32H35F5N2O3/c1-3-38-28(41)39-16-4-5-19-6-8-20(9-7-19)25-18-29(2)26(14-15-30(29,42)31(33,34)32(35,36)37)24-12-10-21-17-22(40)11-13-23(21)27(24)25/h6-9,17,24-26,42H,3,10-16,18H2,1-2H3,(H2,38,39,41)/t24-,25+,26-,29-,30-/m0/s1. The third-order valence-corrected chi connectivity index (χ3v) is 9.98. The van der Waals surface area contributed by atoms with Crippen LogP contribution in [-0.2, 0) is 4.79 Å². The van der Waals surface area contributed by atoms with Crippen molar-refractivity contribution in [1.82, 2.24) is 10.6 Å². The summed E-state index contributed by atoms with van der Waals surface area (Å²) < 4.78 is 71.4. The Morgan fingerprint density at radius 3 is 2.45 bits per heavy atom. The van der Waals surface area contributed by atoms with Gasteiger partial charge < -0.3 is 15.7 Å². The lowest BCUT2D eigenvalue weighted by Crippen LogP contribution is -2.65. The van der Waals surface area contributed by atoms with Crippen molar-refractivity contribution in [3.05, 3.63) is 58.2 Å². The minimum Gasteiger partial charge on any atom is -0.383 e. The Kier molecular flexibility index (Phi) is 7.80. The van der Waals surface area contributed by atoms with Crippen molar-refractivity contribution >= 4 is 11.8 Å². The summed E-state index contributed by atoms with van der Waals surface area (Å²) in [6.45, 7) is 3.83. The fourth-order valence-electron chi connectivity index (χ4n) is 8.01. The molecular formula is C32H35F5N2O3. The van der Waals surface area contributed by atoms with Gasteiger partial charge in [0.15, 0.2) is 5.78 Å². The number of hydrogen-bond acceptors (Lipinski definition) is 3. The van der Waals surface area contributed by atoms with Gasteiger partial charge in [-0.2, -0.15) is 22.0 Å². The Morgan fingerprint density at radius 1 is 1.07 bits per heavy atom. The number of amides is 2. The van der Waals surface area contributed by atoms with Gasteiger partial charge in [0.2, 0.25) is 0 Å². The Morgan fingerprint density at radius 2 is 1.79 bits per heavy atom. The van der Waals surface area contributed by atoms with E-state index < -0.39 is 41.4 Å². The number of fused-ring (bicyclic) bond motifs is 4. The summed E-state index contributed by atoms with van der Waals surface area (Å²) in [4.78, 5) is 23.7. The lowest BCUT2D eigenvalue weighted by molar-refractivity contribution is -0.362. The number of carbonyl (C=O) groups excluding carboxylic acids is 2. The van der Waals surface area contributed by atoms with Crippen LogP contribution in [0.2, 0.25) is 0 Å². The summed E-state index contributed by atoms with van der Waals surface area (Å²) >= 11 is 0. The maximum Gasteiger partial charge on any atom is 0.456 e. The Hall–Kier alpha value is -3.19. The Balaban J connectivity index is 1.54. The topological polar surface area (TPSA) is 78.4 Å². The zero-order valence-electron chi connectivity index (χ0n) is 23.6. The van der Waals surface area contributed by atoms with E-state index in [0.29, 0.717) is 37.8 Å². The average molecular weight is 591 g/mol. The van der Waals surface area contributed by atoms with Crippen molar-refractivity contribution in [2.45, 2.75) is 82.4 Å². The summed E-state index contributed by atoms with van der Waals surface area (Å²) in [7, 11) is 0. The summed E-state index contributed by atoms with van der Waals surface area (Å²) in [6.07, 6.45) is -2.92. The van der Waals surface area contributed by atoms with Crippen LogP contribution in [-0.4, -0.2) is 47.7 Å². The molecule has 42 heavy (non-hydrogen) atoms. The van der Waals surface area contributed by atoms with Gasteiger partial charge in [-0.15, -0.1) is 0 Å². The molecule has 0 radical (unpaired) electrons. The number of urea groups is 1. The van der Waals surface area contributed by atoms with Crippen LogP contribution in [0.3, 0.4) is 0 Å². The van der Waals surface area contributed by atoms with Gasteiger partial charge >= 0.3 is 18.1 Å². The number of benzene rings is 1. The van der Waals surface area contributed by atoms with Gasteiger partial charge in [-0.25, -0.2) is 4.79 Å². The lowest BCUT2D eigenvalue weighted by atomic mass is 9.50. The van der Waals surface area contributed by atoms with E-state index in [9.17, 15) is 27.9 Å². The molecule has 1 aromatic carbocycles. The minimum atomic E-state index is -5.88. The van der Waals surface area contributed by atoms with E-state index in [-0.39, 0.29) is 37.1 Å². The molecule has 2 amide bonds. The molecule has 226 valence electrons. The van der Waals surface area contributed by atoms with Crippen molar-refractivity contribution in [2.75, 3.05) is 13.1 Å². The maximum atomic E-state index is 15.1. The van der Waals surface area contributed by atoms with E-state index in [1.807, 2.05) is 12.1 Å². The molecule has 0 heterocycles. The highest BCUT2D eigenvalue weighted by molar-refractivity contribution is 5.93. The van der Waals surface area contributed by atoms with E-state index in [4.69, 9.17) is 0 Å². The Labute approximate surface area is 242 Å². The number of allylic oxidation sites excluding steroid dienone is 4. The highest BCUT2D eigenvalue weighted by Crippen LogP contribution is 2.70. The van der Waals surface area contributed by atoms with Crippen LogP contribution in [0.4, 0.5) is 26.7 Å². The quantitative estimate of drug-likeness (QED) is 0.289. The third-order valence-electron chi connectivity index (χ3n) is 9.98. The SMILES string of the molecule is CCNC(=O)NCC#Cc1ccc([C@H]2C[C@@]3(C)[C@@H](CC[C@@]3(O)C(F)(F)C(F)(F)F)[C@@H]3CCC4=CC(=O)CCC4=C32)cc1. The number of rotatable bonds is 4. The van der Waals surface area contributed by atoms with Gasteiger partial charge in [-0.05, 0) is 92.2 Å². The molecule has 0 saturated heterocycles. The number of halogens is 5. The number of aliphatic hydroxyl groups is 1. The largest absolute Gasteiger partial charge is 0.456 e. The molecule has 2 saturated carbocycles. The molecule has 0 spiro atoms. The summed E-state index contributed by atoms with van der Waals surface area (Å²) in [5.41, 5.74) is -0.557. The van der Waals surface area contributed by atoms with Gasteiger partial charge in [-0.3, -0.25) is 4.79 Å². The van der Waals surface area contributed by atoms with Gasteiger partial charge in [0, 0.05) is 29.9 Å². The van der Waals surface area contributed by atoms with Gasteiger partial charge in [0.05, 0.1) is 6.54 Å². The molecule has 5 atom stereocenters. The molecular weight excluding hydrogens is 555 g/mol. The predicted molar refractivity (Wildman–Crippen MR) is 147 cm³/mol. The second-order valence-electron chi connectivity index (χ2n) is 12.1. The minimum absolute atomic E-state index is 0.0367. The average Bonchev–Trinajstić information content (AvgIpc) is 3.21. The smallest absolute Gasteiger partial charge is 0.383 e. The molecule has 2 fully saturated rings. The second kappa shape index (κ2) is 10.8. The first-order valence-corrected chi connectivity index (χ1v) is 14.5. The van der Waals surface area contributed by atoms with E-state index >= 15 is 8.78 Å². The molecule has 5 rings (SSSR count). The normalized spacial score (nSPS) is 30.8. The van der Waals surface area contributed by atoms with Gasteiger partial charge in [0.25, 0.3) is 0 Å². The zero-order valence-corrected chi connectivity index (χ0v) is 23.6. The van der Waals surface area contributed by atoms with E-state index in [1.165, 1.54) is 6.92 Å². The molecule has 4 aliphatic rings. The van der Waals surface area contributed by atoms with E-state index in [0.717, 1.165) is 22.3 Å². The van der Waals surface area contributed by atoms with Crippen LogP contribution in [0, 0.1) is 29.1 Å². The van der Waals surface area contributed by atoms with Crippen molar-refractivity contribution in [3.8, 4) is 11.8 Å². The third kappa shape index (κ3) is 4.83. The molecule has 0 unspecified atom stereocenters. The molecule has 0 bridgehead atoms. The van der Waals surface area contributed by atoms with Crippen molar-refractivity contribution in [3.63, 3.8) is 0 Å². The zero-order chi connectivity index (χ0) is 30.5. The molecule has 0 aromatic heterocycles. The van der Waals surface area contributed by atoms with Crippen LogP contribution < -0.4 is 10.6 Å². The van der Waals surface area contributed by atoms with Crippen molar-refractivity contribution < 1.29 is 36.6 Å². The summed E-state index contributed by atoms with van der Waals surface area (Å²) in [6, 6.07) is 6.81. The number of alkyl halides is 5. The van der Waals surface area contributed by atoms with E-state index in [1.54, 1.807) is 25.1 Å². The number of carbonyl (C=O) groups is 2. The van der Waals surface area contributed by atoms with Crippen LogP contribution in [0.5, 0.6) is 0 Å². The molecule has 5 nitrogen and oxygen atoms in total. The Bertz CT molecular complexity index is 1390. The first-order valence-electron chi connectivity index (χ1n) is 14.5. The molecule has 4 aliphatic carbocycles. The summed E-state index contributed by atoms with van der Waals surface area (Å²) in [5.74, 6) is -0.730. The molecule has 1 aromatic rings. The van der Waals surface area contributed by atoms with Crippen LogP contribution in [0.25, 0.3) is 0 Å². The molecule has 3 N–H and O–H groups in total. The molecule has 0 aliphatic heterocycles. The highest BCUT2D eigenvalue weighted by Gasteiger charge is 2.79. The van der Waals surface area contributed by atoms with Gasteiger partial charge in [-0.1, -0.05) is 36.5 Å². The van der Waals surface area contributed by atoms with Gasteiger partial charge in [0.1, 0.15) is 5.60 Å². The fourth-order valence-corrected chi connectivity index (χ4v) is 8.01. The predicted octanol–water partition coefficient (Wildman–Crippen LogP) is 6.19. The number of ketones is 1. The first-order chi connectivity index (χ1) is 19.7. The fraction of sp³-hybridized carbons (Fsp3) is 0.562. The summed E-state index contributed by atoms with van der Waals surface area (Å²) in [5, 5.41) is 16.6. The van der Waals surface area contributed by atoms with Crippen LogP contribution in [0.1, 0.15) is 75.8 Å². The van der Waals surface area contributed by atoms with Crippen molar-refractivity contribution in [1.29, 1.82) is 0 Å². The molecule has 10 heteroatoms.